The van der Waals surface area contributed by atoms with Crippen molar-refractivity contribution in [2.75, 3.05) is 25.9 Å². The number of sulfonamides is 1. The molecule has 2 N–H and O–H groups in total. The van der Waals surface area contributed by atoms with Crippen molar-refractivity contribution in [1.29, 1.82) is 0 Å². The van der Waals surface area contributed by atoms with Crippen LogP contribution in [0.2, 0.25) is 0 Å². The molecular formula is C11H19N5O3S. The summed E-state index contributed by atoms with van der Waals surface area (Å²) < 4.78 is 24.4. The first kappa shape index (κ1) is 14.9. The molecule has 1 fully saturated rings. The summed E-state index contributed by atoms with van der Waals surface area (Å²) in [6.07, 6.45) is 4.61. The molecule has 0 bridgehead atoms. The highest BCUT2D eigenvalue weighted by Gasteiger charge is 2.29. The van der Waals surface area contributed by atoms with Crippen LogP contribution in [0.1, 0.15) is 18.7 Å². The van der Waals surface area contributed by atoms with E-state index in [1.165, 1.54) is 16.9 Å². The van der Waals surface area contributed by atoms with Crippen LogP contribution in [0.4, 0.5) is 0 Å². The predicted molar refractivity (Wildman–Crippen MR) is 72.2 cm³/mol. The molecule has 0 saturated carbocycles. The van der Waals surface area contributed by atoms with Gasteiger partial charge in [0.15, 0.2) is 0 Å². The van der Waals surface area contributed by atoms with E-state index < -0.39 is 10.0 Å². The zero-order chi connectivity index (χ0) is 14.6. The lowest BCUT2D eigenvalue weighted by Gasteiger charge is -2.30. The Hall–Kier alpha value is -1.48. The van der Waals surface area contributed by atoms with E-state index in [0.29, 0.717) is 31.8 Å². The van der Waals surface area contributed by atoms with Gasteiger partial charge in [-0.05, 0) is 12.8 Å². The lowest BCUT2D eigenvalue weighted by atomic mass is 9.99. The molecule has 0 radical (unpaired) electrons. The standard InChI is InChI=1S/C11H19N5O3S/c1-20(18,19)16-6-2-3-9(7-16)11(17)12-5-4-10-13-8-14-15-10/h8-9H,2-7H2,1H3,(H,12,17)(H,13,14,15). The van der Waals surface area contributed by atoms with Crippen LogP contribution in [0.25, 0.3) is 0 Å². The van der Waals surface area contributed by atoms with Crippen LogP contribution in [0.15, 0.2) is 6.33 Å². The number of hydrogen-bond acceptors (Lipinski definition) is 5. The average Bonchev–Trinajstić information content (AvgIpc) is 2.91. The molecule has 2 heterocycles. The molecule has 1 aliphatic heterocycles. The van der Waals surface area contributed by atoms with E-state index in [9.17, 15) is 13.2 Å². The van der Waals surface area contributed by atoms with Crippen molar-refractivity contribution in [3.63, 3.8) is 0 Å². The number of H-pyrrole nitrogens is 1. The number of nitrogens with zero attached hydrogens (tertiary/aromatic N) is 3. The molecular weight excluding hydrogens is 282 g/mol. The quantitative estimate of drug-likeness (QED) is 0.735. The number of hydrogen-bond donors (Lipinski definition) is 2. The van der Waals surface area contributed by atoms with Crippen LogP contribution in [-0.4, -0.2) is 59.7 Å². The molecule has 112 valence electrons. The van der Waals surface area contributed by atoms with Gasteiger partial charge in [-0.25, -0.2) is 17.7 Å². The van der Waals surface area contributed by atoms with Crippen LogP contribution in [0, 0.1) is 5.92 Å². The molecule has 1 unspecified atom stereocenters. The summed E-state index contributed by atoms with van der Waals surface area (Å²) in [5.41, 5.74) is 0. The minimum atomic E-state index is -3.22. The van der Waals surface area contributed by atoms with Crippen LogP contribution in [-0.2, 0) is 21.2 Å². The fraction of sp³-hybridized carbons (Fsp3) is 0.727. The van der Waals surface area contributed by atoms with Gasteiger partial charge in [0.2, 0.25) is 15.9 Å². The molecule has 0 spiro atoms. The number of amides is 1. The predicted octanol–water partition coefficient (Wildman–Crippen LogP) is -0.865. The molecule has 1 aliphatic rings. The van der Waals surface area contributed by atoms with E-state index in [-0.39, 0.29) is 18.4 Å². The summed E-state index contributed by atoms with van der Waals surface area (Å²) in [6.45, 7) is 1.23. The summed E-state index contributed by atoms with van der Waals surface area (Å²) in [5.74, 6) is 0.345. The number of aromatic nitrogens is 3. The van der Waals surface area contributed by atoms with Crippen molar-refractivity contribution >= 4 is 15.9 Å². The summed E-state index contributed by atoms with van der Waals surface area (Å²) in [7, 11) is -3.22. The molecule has 1 aromatic heterocycles. The van der Waals surface area contributed by atoms with E-state index in [4.69, 9.17) is 0 Å². The SMILES string of the molecule is CS(=O)(=O)N1CCCC(C(=O)NCCc2ncn[nH]2)C1. The third kappa shape index (κ3) is 4.01. The maximum Gasteiger partial charge on any atom is 0.224 e. The molecule has 1 atom stereocenters. The Morgan fingerprint density at radius 3 is 3.05 bits per heavy atom. The Balaban J connectivity index is 1.80. The van der Waals surface area contributed by atoms with Crippen LogP contribution >= 0.6 is 0 Å². The minimum absolute atomic E-state index is 0.0992. The number of rotatable bonds is 5. The first-order chi connectivity index (χ1) is 9.47. The highest BCUT2D eigenvalue weighted by molar-refractivity contribution is 7.88. The lowest BCUT2D eigenvalue weighted by molar-refractivity contribution is -0.126. The molecule has 1 saturated heterocycles. The van der Waals surface area contributed by atoms with Crippen molar-refractivity contribution < 1.29 is 13.2 Å². The van der Waals surface area contributed by atoms with Crippen molar-refractivity contribution in [2.24, 2.45) is 5.92 Å². The van der Waals surface area contributed by atoms with Gasteiger partial charge in [0, 0.05) is 26.1 Å². The topological polar surface area (TPSA) is 108 Å². The van der Waals surface area contributed by atoms with Gasteiger partial charge in [0.25, 0.3) is 0 Å². The van der Waals surface area contributed by atoms with Crippen molar-refractivity contribution in [1.82, 2.24) is 24.8 Å². The number of carbonyl (C=O) groups is 1. The van der Waals surface area contributed by atoms with Crippen LogP contribution in [0.5, 0.6) is 0 Å². The van der Waals surface area contributed by atoms with E-state index in [1.54, 1.807) is 0 Å². The number of aromatic amines is 1. The molecule has 1 aromatic rings. The third-order valence-electron chi connectivity index (χ3n) is 3.35. The Morgan fingerprint density at radius 1 is 1.60 bits per heavy atom. The minimum Gasteiger partial charge on any atom is -0.355 e. The van der Waals surface area contributed by atoms with Gasteiger partial charge in [-0.3, -0.25) is 9.89 Å². The second-order valence-corrected chi connectivity index (χ2v) is 6.92. The average molecular weight is 301 g/mol. The highest BCUT2D eigenvalue weighted by Crippen LogP contribution is 2.18. The lowest BCUT2D eigenvalue weighted by Crippen LogP contribution is -2.45. The van der Waals surface area contributed by atoms with Gasteiger partial charge in [-0.2, -0.15) is 5.10 Å². The fourth-order valence-corrected chi connectivity index (χ4v) is 3.17. The Bertz CT molecular complexity index is 542. The van der Waals surface area contributed by atoms with Crippen LogP contribution in [0.3, 0.4) is 0 Å². The fourth-order valence-electron chi connectivity index (χ4n) is 2.26. The number of nitrogens with one attached hydrogen (secondary N) is 2. The number of carbonyl (C=O) groups excluding carboxylic acids is 1. The first-order valence-electron chi connectivity index (χ1n) is 6.54. The van der Waals surface area contributed by atoms with Gasteiger partial charge < -0.3 is 5.32 Å². The molecule has 1 amide bonds. The van der Waals surface area contributed by atoms with E-state index in [0.717, 1.165) is 6.42 Å². The van der Waals surface area contributed by atoms with E-state index >= 15 is 0 Å². The largest absolute Gasteiger partial charge is 0.355 e. The molecule has 9 heteroatoms. The smallest absolute Gasteiger partial charge is 0.224 e. The summed E-state index contributed by atoms with van der Waals surface area (Å²) in [5, 5.41) is 9.26. The molecule has 20 heavy (non-hydrogen) atoms. The zero-order valence-corrected chi connectivity index (χ0v) is 12.2. The van der Waals surface area contributed by atoms with Crippen LogP contribution < -0.4 is 5.32 Å². The second kappa shape index (κ2) is 6.31. The van der Waals surface area contributed by atoms with E-state index in [2.05, 4.69) is 20.5 Å². The maximum atomic E-state index is 12.0. The molecule has 0 aliphatic carbocycles. The Morgan fingerprint density at radius 2 is 2.40 bits per heavy atom. The molecule has 8 nitrogen and oxygen atoms in total. The number of piperidine rings is 1. The Kier molecular flexibility index (Phi) is 4.71. The van der Waals surface area contributed by atoms with Gasteiger partial charge >= 0.3 is 0 Å². The second-order valence-electron chi connectivity index (χ2n) is 4.93. The van der Waals surface area contributed by atoms with Crippen molar-refractivity contribution in [2.45, 2.75) is 19.3 Å². The van der Waals surface area contributed by atoms with Gasteiger partial charge in [0.05, 0.1) is 12.2 Å². The maximum absolute atomic E-state index is 12.0. The normalized spacial score (nSPS) is 20.8. The first-order valence-corrected chi connectivity index (χ1v) is 8.38. The van der Waals surface area contributed by atoms with E-state index in [1.807, 2.05) is 0 Å². The van der Waals surface area contributed by atoms with Crippen molar-refractivity contribution in [3.05, 3.63) is 12.2 Å². The monoisotopic (exact) mass is 301 g/mol. The summed E-state index contributed by atoms with van der Waals surface area (Å²) >= 11 is 0. The summed E-state index contributed by atoms with van der Waals surface area (Å²) in [6, 6.07) is 0. The zero-order valence-electron chi connectivity index (χ0n) is 11.4. The third-order valence-corrected chi connectivity index (χ3v) is 4.62. The van der Waals surface area contributed by atoms with Gasteiger partial charge in [-0.15, -0.1) is 0 Å². The van der Waals surface area contributed by atoms with Crippen molar-refractivity contribution in [3.8, 4) is 0 Å². The molecule has 0 aromatic carbocycles. The van der Waals surface area contributed by atoms with Gasteiger partial charge in [0.1, 0.15) is 12.2 Å². The van der Waals surface area contributed by atoms with Gasteiger partial charge in [-0.1, -0.05) is 0 Å². The Labute approximate surface area is 118 Å². The highest BCUT2D eigenvalue weighted by atomic mass is 32.2. The molecule has 2 rings (SSSR count). The summed E-state index contributed by atoms with van der Waals surface area (Å²) in [4.78, 5) is 16.0.